The van der Waals surface area contributed by atoms with Crippen molar-refractivity contribution in [3.05, 3.63) is 18.5 Å². The summed E-state index contributed by atoms with van der Waals surface area (Å²) in [6, 6.07) is 0.516. The molecule has 63 valence electrons. The fourth-order valence-corrected chi connectivity index (χ4v) is 1.34. The second-order valence-electron chi connectivity index (χ2n) is 2.98. The van der Waals surface area contributed by atoms with Crippen LogP contribution >= 0.6 is 0 Å². The maximum Gasteiger partial charge on any atom is 0.114 e. The van der Waals surface area contributed by atoms with E-state index in [1.807, 2.05) is 0 Å². The normalized spacial score (nSPS) is 23.8. The summed E-state index contributed by atoms with van der Waals surface area (Å²) >= 11 is 0. The minimum Gasteiger partial charge on any atom is -0.310 e. The van der Waals surface area contributed by atoms with E-state index in [0.29, 0.717) is 6.04 Å². The minimum absolute atomic E-state index is 0.516. The molecular formula is C8H11N4. The number of nitrogens with one attached hydrogen (secondary N) is 1. The number of nitrogens with zero attached hydrogens (tertiary/aromatic N) is 3. The zero-order chi connectivity index (χ0) is 8.39. The van der Waals surface area contributed by atoms with Gasteiger partial charge in [-0.3, -0.25) is 0 Å². The van der Waals surface area contributed by atoms with E-state index < -0.39 is 0 Å². The van der Waals surface area contributed by atoms with Crippen LogP contribution in [0.5, 0.6) is 0 Å². The van der Waals surface area contributed by atoms with Gasteiger partial charge in [0.15, 0.2) is 0 Å². The maximum atomic E-state index is 3.89. The molecule has 0 amide bonds. The molecule has 1 radical (unpaired) electrons. The summed E-state index contributed by atoms with van der Waals surface area (Å²) in [5, 5.41) is 10.9. The zero-order valence-corrected chi connectivity index (χ0v) is 6.99. The van der Waals surface area contributed by atoms with E-state index in [0.717, 1.165) is 13.0 Å². The molecule has 0 spiro atoms. The zero-order valence-electron chi connectivity index (χ0n) is 6.99. The number of hydrogen-bond donors (Lipinski definition) is 1. The lowest BCUT2D eigenvalue weighted by atomic mass is 10.1. The van der Waals surface area contributed by atoms with Crippen molar-refractivity contribution >= 4 is 5.70 Å². The van der Waals surface area contributed by atoms with E-state index in [9.17, 15) is 0 Å². The summed E-state index contributed by atoms with van der Waals surface area (Å²) in [7, 11) is 0. The predicted octanol–water partition coefficient (Wildman–Crippen LogP) is 0.301. The van der Waals surface area contributed by atoms with Gasteiger partial charge in [-0.1, -0.05) is 5.21 Å². The van der Waals surface area contributed by atoms with Crippen LogP contribution in [-0.4, -0.2) is 27.6 Å². The Morgan fingerprint density at radius 2 is 2.67 bits per heavy atom. The molecule has 1 aliphatic heterocycles. The first kappa shape index (κ1) is 7.49. The SMILES string of the molecule is CC1CC(n2[c]cnn2)=CCN1. The van der Waals surface area contributed by atoms with Crippen molar-refractivity contribution in [2.45, 2.75) is 19.4 Å². The molecule has 0 aliphatic carbocycles. The molecular weight excluding hydrogens is 152 g/mol. The molecule has 0 saturated heterocycles. The predicted molar refractivity (Wildman–Crippen MR) is 45.2 cm³/mol. The summed E-state index contributed by atoms with van der Waals surface area (Å²) in [4.78, 5) is 0. The van der Waals surface area contributed by atoms with E-state index >= 15 is 0 Å². The van der Waals surface area contributed by atoms with Crippen LogP contribution in [0.2, 0.25) is 0 Å². The van der Waals surface area contributed by atoms with Gasteiger partial charge in [0.2, 0.25) is 0 Å². The molecule has 1 atom stereocenters. The van der Waals surface area contributed by atoms with E-state index in [1.54, 1.807) is 10.9 Å². The highest BCUT2D eigenvalue weighted by molar-refractivity contribution is 5.45. The van der Waals surface area contributed by atoms with Gasteiger partial charge in [-0.25, -0.2) is 4.68 Å². The van der Waals surface area contributed by atoms with E-state index in [-0.39, 0.29) is 0 Å². The van der Waals surface area contributed by atoms with E-state index in [4.69, 9.17) is 0 Å². The van der Waals surface area contributed by atoms with Gasteiger partial charge in [-0.2, -0.15) is 0 Å². The van der Waals surface area contributed by atoms with Crippen LogP contribution in [0.15, 0.2) is 12.3 Å². The summed E-state index contributed by atoms with van der Waals surface area (Å²) in [6.07, 6.45) is 7.60. The Morgan fingerprint density at radius 1 is 1.75 bits per heavy atom. The van der Waals surface area contributed by atoms with Gasteiger partial charge in [0.25, 0.3) is 0 Å². The van der Waals surface area contributed by atoms with Gasteiger partial charge in [-0.05, 0) is 13.0 Å². The van der Waals surface area contributed by atoms with Gasteiger partial charge in [-0.15, -0.1) is 5.10 Å². The highest BCUT2D eigenvalue weighted by atomic mass is 15.4. The molecule has 0 saturated carbocycles. The lowest BCUT2D eigenvalue weighted by Crippen LogP contribution is -2.31. The van der Waals surface area contributed by atoms with Crippen LogP contribution in [0.1, 0.15) is 13.3 Å². The van der Waals surface area contributed by atoms with Crippen molar-refractivity contribution in [2.75, 3.05) is 6.54 Å². The fourth-order valence-electron chi connectivity index (χ4n) is 1.34. The van der Waals surface area contributed by atoms with Gasteiger partial charge >= 0.3 is 0 Å². The largest absolute Gasteiger partial charge is 0.310 e. The quantitative estimate of drug-likeness (QED) is 0.647. The van der Waals surface area contributed by atoms with E-state index in [2.05, 4.69) is 34.8 Å². The van der Waals surface area contributed by atoms with Crippen LogP contribution in [0, 0.1) is 6.20 Å². The van der Waals surface area contributed by atoms with Crippen LogP contribution in [0.3, 0.4) is 0 Å². The molecule has 0 fully saturated rings. The Labute approximate surface area is 71.3 Å². The second-order valence-corrected chi connectivity index (χ2v) is 2.98. The molecule has 2 rings (SSSR count). The fraction of sp³-hybridized carbons (Fsp3) is 0.500. The molecule has 1 N–H and O–H groups in total. The lowest BCUT2D eigenvalue weighted by molar-refractivity contribution is 0.559. The lowest BCUT2D eigenvalue weighted by Gasteiger charge is -2.19. The third-order valence-electron chi connectivity index (χ3n) is 1.97. The van der Waals surface area contributed by atoms with Crippen LogP contribution in [0.4, 0.5) is 0 Å². The topological polar surface area (TPSA) is 42.7 Å². The first-order chi connectivity index (χ1) is 5.86. The molecule has 1 aromatic rings. The van der Waals surface area contributed by atoms with Gasteiger partial charge in [0.05, 0.1) is 6.20 Å². The number of aromatic nitrogens is 3. The molecule has 4 nitrogen and oxygen atoms in total. The average molecular weight is 163 g/mol. The standard InChI is InChI=1S/C8H11N4/c1-7-6-8(2-3-9-7)12-5-4-10-11-12/h2,4,7,9H,3,6H2,1H3. The van der Waals surface area contributed by atoms with Crippen molar-refractivity contribution in [3.63, 3.8) is 0 Å². The highest BCUT2D eigenvalue weighted by Crippen LogP contribution is 2.12. The van der Waals surface area contributed by atoms with Gasteiger partial charge < -0.3 is 5.32 Å². The monoisotopic (exact) mass is 163 g/mol. The average Bonchev–Trinajstić information content (AvgIpc) is 2.56. The second kappa shape index (κ2) is 3.06. The Kier molecular flexibility index (Phi) is 1.91. The summed E-state index contributed by atoms with van der Waals surface area (Å²) < 4.78 is 1.71. The Bertz CT molecular complexity index is 275. The molecule has 0 bridgehead atoms. The Hall–Kier alpha value is -1.16. The molecule has 1 aliphatic rings. The smallest absolute Gasteiger partial charge is 0.114 e. The molecule has 1 aromatic heterocycles. The van der Waals surface area contributed by atoms with Crippen molar-refractivity contribution in [1.82, 2.24) is 20.3 Å². The highest BCUT2D eigenvalue weighted by Gasteiger charge is 2.11. The van der Waals surface area contributed by atoms with E-state index in [1.165, 1.54) is 5.70 Å². The van der Waals surface area contributed by atoms with Gasteiger partial charge in [0, 0.05) is 24.7 Å². The first-order valence-corrected chi connectivity index (χ1v) is 4.07. The first-order valence-electron chi connectivity index (χ1n) is 4.07. The molecule has 2 heterocycles. The minimum atomic E-state index is 0.516. The molecule has 0 aromatic carbocycles. The van der Waals surface area contributed by atoms with Crippen molar-refractivity contribution in [3.8, 4) is 0 Å². The van der Waals surface area contributed by atoms with Gasteiger partial charge in [0.1, 0.15) is 6.20 Å². The van der Waals surface area contributed by atoms with Crippen LogP contribution in [-0.2, 0) is 0 Å². The molecule has 4 heteroatoms. The van der Waals surface area contributed by atoms with Crippen molar-refractivity contribution < 1.29 is 0 Å². The number of hydrogen-bond acceptors (Lipinski definition) is 3. The third-order valence-corrected chi connectivity index (χ3v) is 1.97. The van der Waals surface area contributed by atoms with Crippen molar-refractivity contribution in [1.29, 1.82) is 0 Å². The summed E-state index contributed by atoms with van der Waals surface area (Å²) in [6.45, 7) is 3.06. The van der Waals surface area contributed by atoms with Crippen LogP contribution < -0.4 is 5.32 Å². The maximum absolute atomic E-state index is 3.89. The summed E-state index contributed by atoms with van der Waals surface area (Å²) in [5.41, 5.74) is 1.18. The molecule has 1 unspecified atom stereocenters. The Morgan fingerprint density at radius 3 is 3.33 bits per heavy atom. The van der Waals surface area contributed by atoms with Crippen molar-refractivity contribution in [2.24, 2.45) is 0 Å². The molecule has 12 heavy (non-hydrogen) atoms. The Balaban J connectivity index is 2.19. The van der Waals surface area contributed by atoms with Crippen LogP contribution in [0.25, 0.3) is 5.70 Å². The number of rotatable bonds is 1. The summed E-state index contributed by atoms with van der Waals surface area (Å²) in [5.74, 6) is 0. The third kappa shape index (κ3) is 1.38.